The molecule has 0 fully saturated rings. The van der Waals surface area contributed by atoms with E-state index in [-0.39, 0.29) is 36.9 Å². The van der Waals surface area contributed by atoms with E-state index in [1.54, 1.807) is 48.5 Å². The Morgan fingerprint density at radius 3 is 2.16 bits per heavy atom. The Labute approximate surface area is 187 Å². The zero-order valence-corrected chi connectivity index (χ0v) is 18.1. The van der Waals surface area contributed by atoms with Gasteiger partial charge < -0.3 is 14.8 Å². The lowest BCUT2D eigenvalue weighted by atomic mass is 10.0. The summed E-state index contributed by atoms with van der Waals surface area (Å²) >= 11 is 0. The van der Waals surface area contributed by atoms with Crippen LogP contribution in [0.15, 0.2) is 72.8 Å². The summed E-state index contributed by atoms with van der Waals surface area (Å²) in [6.07, 6.45) is 0.143. The quantitative estimate of drug-likeness (QED) is 0.486. The van der Waals surface area contributed by atoms with Gasteiger partial charge in [-0.05, 0) is 29.8 Å². The van der Waals surface area contributed by atoms with Gasteiger partial charge in [-0.15, -0.1) is 0 Å². The molecule has 0 aliphatic rings. The molecule has 0 aromatic heterocycles. The van der Waals surface area contributed by atoms with Crippen molar-refractivity contribution in [2.45, 2.75) is 19.4 Å². The Hall–Kier alpha value is -3.93. The van der Waals surface area contributed by atoms with Crippen molar-refractivity contribution in [2.75, 3.05) is 14.2 Å². The highest BCUT2D eigenvalue weighted by Crippen LogP contribution is 2.28. The molecule has 0 saturated heterocycles. The third-order valence-electron chi connectivity index (χ3n) is 5.00. The first-order valence-electron chi connectivity index (χ1n) is 10.2. The molecule has 0 aliphatic carbocycles. The normalized spacial score (nSPS) is 10.3. The molecule has 6 heteroatoms. The van der Waals surface area contributed by atoms with E-state index in [4.69, 9.17) is 9.47 Å². The number of hydrogen-bond acceptors (Lipinski definition) is 5. The van der Waals surface area contributed by atoms with Crippen LogP contribution in [0.2, 0.25) is 0 Å². The number of nitrogens with one attached hydrogen (secondary N) is 1. The molecule has 164 valence electrons. The van der Waals surface area contributed by atoms with E-state index in [1.807, 2.05) is 24.3 Å². The average molecular weight is 431 g/mol. The fraction of sp³-hybridized carbons (Fsp3) is 0.192. The Morgan fingerprint density at radius 1 is 0.719 bits per heavy atom. The minimum absolute atomic E-state index is 0.0653. The second kappa shape index (κ2) is 10.9. The van der Waals surface area contributed by atoms with Gasteiger partial charge in [0.1, 0.15) is 0 Å². The zero-order chi connectivity index (χ0) is 22.9. The third kappa shape index (κ3) is 5.82. The van der Waals surface area contributed by atoms with Crippen LogP contribution in [-0.4, -0.2) is 31.7 Å². The number of hydrogen-bond donors (Lipinski definition) is 1. The van der Waals surface area contributed by atoms with E-state index < -0.39 is 0 Å². The van der Waals surface area contributed by atoms with Gasteiger partial charge in [-0.2, -0.15) is 0 Å². The lowest BCUT2D eigenvalue weighted by molar-refractivity contribution is -0.121. The zero-order valence-electron chi connectivity index (χ0n) is 18.1. The number of ether oxygens (including phenoxy) is 2. The molecule has 0 atom stereocenters. The summed E-state index contributed by atoms with van der Waals surface area (Å²) in [5.41, 5.74) is 2.45. The lowest BCUT2D eigenvalue weighted by Crippen LogP contribution is -2.23. The van der Waals surface area contributed by atoms with Crippen molar-refractivity contribution in [3.63, 3.8) is 0 Å². The van der Waals surface area contributed by atoms with Gasteiger partial charge >= 0.3 is 0 Å². The molecule has 32 heavy (non-hydrogen) atoms. The Bertz CT molecular complexity index is 1110. The van der Waals surface area contributed by atoms with Crippen LogP contribution in [-0.2, 0) is 11.3 Å². The van der Waals surface area contributed by atoms with Gasteiger partial charge in [-0.1, -0.05) is 48.5 Å². The number of ketones is 2. The fourth-order valence-electron chi connectivity index (χ4n) is 3.25. The molecular weight excluding hydrogens is 406 g/mol. The number of Topliss-reactive ketones (excluding diaryl/α,β-unsaturated/α-hetero) is 1. The van der Waals surface area contributed by atoms with E-state index >= 15 is 0 Å². The van der Waals surface area contributed by atoms with Crippen molar-refractivity contribution >= 4 is 17.5 Å². The molecule has 0 aliphatic heterocycles. The molecule has 3 aromatic rings. The van der Waals surface area contributed by atoms with E-state index in [1.165, 1.54) is 14.2 Å². The van der Waals surface area contributed by atoms with Gasteiger partial charge in [0.2, 0.25) is 5.91 Å². The van der Waals surface area contributed by atoms with Gasteiger partial charge in [0.25, 0.3) is 0 Å². The second-order valence-corrected chi connectivity index (χ2v) is 7.17. The molecule has 0 bridgehead atoms. The van der Waals surface area contributed by atoms with Gasteiger partial charge in [-0.25, -0.2) is 0 Å². The highest BCUT2D eigenvalue weighted by molar-refractivity contribution is 6.09. The predicted molar refractivity (Wildman–Crippen MR) is 121 cm³/mol. The van der Waals surface area contributed by atoms with Crippen molar-refractivity contribution in [1.82, 2.24) is 5.32 Å². The Kier molecular flexibility index (Phi) is 7.75. The number of amides is 1. The Morgan fingerprint density at radius 2 is 1.44 bits per heavy atom. The molecular formula is C26H25NO5. The summed E-state index contributed by atoms with van der Waals surface area (Å²) in [4.78, 5) is 37.3. The van der Waals surface area contributed by atoms with Crippen LogP contribution in [0, 0.1) is 0 Å². The lowest BCUT2D eigenvalue weighted by Gasteiger charge is -2.09. The van der Waals surface area contributed by atoms with Gasteiger partial charge in [0.15, 0.2) is 23.1 Å². The highest BCUT2D eigenvalue weighted by atomic mass is 16.5. The van der Waals surface area contributed by atoms with Crippen molar-refractivity contribution < 1.29 is 23.9 Å². The van der Waals surface area contributed by atoms with Crippen LogP contribution < -0.4 is 14.8 Å². The van der Waals surface area contributed by atoms with Crippen LogP contribution in [0.25, 0.3) is 0 Å². The molecule has 0 spiro atoms. The number of carbonyl (C=O) groups excluding carboxylic acids is 3. The summed E-state index contributed by atoms with van der Waals surface area (Å²) in [6.45, 7) is 0.277. The van der Waals surface area contributed by atoms with Crippen molar-refractivity contribution in [3.8, 4) is 11.5 Å². The summed E-state index contributed by atoms with van der Waals surface area (Å²) in [5.74, 6) is 0.539. The predicted octanol–water partition coefficient (Wildman–Crippen LogP) is 4.21. The first kappa shape index (κ1) is 22.7. The summed E-state index contributed by atoms with van der Waals surface area (Å²) < 4.78 is 10.4. The van der Waals surface area contributed by atoms with Crippen molar-refractivity contribution in [1.29, 1.82) is 0 Å². The van der Waals surface area contributed by atoms with Crippen molar-refractivity contribution in [2.24, 2.45) is 0 Å². The number of carbonyl (C=O) groups is 3. The number of benzene rings is 3. The molecule has 0 radical (unpaired) electrons. The highest BCUT2D eigenvalue weighted by Gasteiger charge is 2.13. The van der Waals surface area contributed by atoms with E-state index in [0.29, 0.717) is 28.2 Å². The van der Waals surface area contributed by atoms with Crippen LogP contribution in [0.3, 0.4) is 0 Å². The van der Waals surface area contributed by atoms with E-state index in [2.05, 4.69) is 5.32 Å². The first-order valence-corrected chi connectivity index (χ1v) is 10.2. The van der Waals surface area contributed by atoms with Gasteiger partial charge in [-0.3, -0.25) is 14.4 Å². The molecule has 3 aromatic carbocycles. The van der Waals surface area contributed by atoms with Crippen LogP contribution in [0.1, 0.15) is 44.7 Å². The van der Waals surface area contributed by atoms with E-state index in [9.17, 15) is 14.4 Å². The molecule has 0 saturated carbocycles. The number of rotatable bonds is 10. The van der Waals surface area contributed by atoms with Gasteiger partial charge in [0, 0.05) is 36.1 Å². The average Bonchev–Trinajstić information content (AvgIpc) is 2.85. The molecule has 0 unspecified atom stereocenters. The smallest absolute Gasteiger partial charge is 0.220 e. The maximum absolute atomic E-state index is 12.6. The maximum atomic E-state index is 12.6. The summed E-state index contributed by atoms with van der Waals surface area (Å²) in [6, 6.07) is 21.1. The minimum Gasteiger partial charge on any atom is -0.493 e. The van der Waals surface area contributed by atoms with Crippen molar-refractivity contribution in [3.05, 3.63) is 95.1 Å². The second-order valence-electron chi connectivity index (χ2n) is 7.17. The molecule has 0 heterocycles. The molecule has 3 rings (SSSR count). The monoisotopic (exact) mass is 431 g/mol. The first-order chi connectivity index (χ1) is 15.5. The van der Waals surface area contributed by atoms with Crippen LogP contribution in [0.5, 0.6) is 11.5 Å². The standard InChI is InChI=1S/C26H25NO5/c1-31-23-13-11-20(16-24(23)32-2)22(28)12-14-25(29)27-17-18-7-6-10-21(15-18)26(30)19-8-4-3-5-9-19/h3-11,13,15-16H,12,14,17H2,1-2H3,(H,27,29). The largest absolute Gasteiger partial charge is 0.493 e. The third-order valence-corrected chi connectivity index (χ3v) is 5.00. The molecule has 1 N–H and O–H groups in total. The fourth-order valence-corrected chi connectivity index (χ4v) is 3.25. The van der Waals surface area contributed by atoms with Crippen LogP contribution >= 0.6 is 0 Å². The molecule has 6 nitrogen and oxygen atoms in total. The summed E-state index contributed by atoms with van der Waals surface area (Å²) in [5, 5.41) is 2.81. The van der Waals surface area contributed by atoms with Crippen LogP contribution in [0.4, 0.5) is 0 Å². The summed E-state index contributed by atoms with van der Waals surface area (Å²) in [7, 11) is 3.03. The SMILES string of the molecule is COc1ccc(C(=O)CCC(=O)NCc2cccc(C(=O)c3ccccc3)c2)cc1OC. The molecule has 1 amide bonds. The minimum atomic E-state index is -0.237. The Balaban J connectivity index is 1.53. The topological polar surface area (TPSA) is 81.7 Å². The number of methoxy groups -OCH3 is 2. The van der Waals surface area contributed by atoms with Gasteiger partial charge in [0.05, 0.1) is 14.2 Å². The maximum Gasteiger partial charge on any atom is 0.220 e. The van der Waals surface area contributed by atoms with E-state index in [0.717, 1.165) is 5.56 Å².